The van der Waals surface area contributed by atoms with Crippen LogP contribution < -0.4 is 10.6 Å². The molecule has 3 unspecified atom stereocenters. The molecule has 4 atom stereocenters. The molecule has 28 heavy (non-hydrogen) atoms. The van der Waals surface area contributed by atoms with Gasteiger partial charge >= 0.3 is 0 Å². The summed E-state index contributed by atoms with van der Waals surface area (Å²) < 4.78 is 0. The van der Waals surface area contributed by atoms with E-state index in [1.807, 2.05) is 24.3 Å². The molecule has 5 aliphatic rings. The number of likely N-dealkylation sites (N-methyl/N-ethyl adjacent to an activating group) is 1. The monoisotopic (exact) mass is 382 g/mol. The first kappa shape index (κ1) is 18.0. The van der Waals surface area contributed by atoms with Crippen LogP contribution in [0.5, 0.6) is 0 Å². The zero-order chi connectivity index (χ0) is 19.3. The Morgan fingerprint density at radius 2 is 1.93 bits per heavy atom. The summed E-state index contributed by atoms with van der Waals surface area (Å²) in [7, 11) is 0. The fourth-order valence-corrected chi connectivity index (χ4v) is 5.96. The van der Waals surface area contributed by atoms with Crippen molar-refractivity contribution in [3.05, 3.63) is 29.8 Å². The van der Waals surface area contributed by atoms with Gasteiger partial charge in [0.15, 0.2) is 0 Å². The van der Waals surface area contributed by atoms with Crippen LogP contribution in [0.3, 0.4) is 0 Å². The van der Waals surface area contributed by atoms with Crippen molar-refractivity contribution in [1.82, 2.24) is 15.1 Å². The van der Waals surface area contributed by atoms with Gasteiger partial charge in [0.2, 0.25) is 5.91 Å². The number of fused-ring (bicyclic) bond motifs is 3. The molecule has 1 aromatic carbocycles. The van der Waals surface area contributed by atoms with Gasteiger partial charge in [-0.25, -0.2) is 0 Å². The number of anilines is 1. The zero-order valence-corrected chi connectivity index (χ0v) is 16.6. The van der Waals surface area contributed by atoms with Crippen LogP contribution in [0.15, 0.2) is 24.3 Å². The Labute approximate surface area is 166 Å². The molecule has 0 radical (unpaired) electrons. The number of nitrogens with one attached hydrogen (secondary N) is 2. The van der Waals surface area contributed by atoms with Crippen LogP contribution in [-0.2, 0) is 4.79 Å². The van der Waals surface area contributed by atoms with Crippen LogP contribution in [0.1, 0.15) is 43.0 Å². The number of para-hydroxylation sites is 1. The van der Waals surface area contributed by atoms with Gasteiger partial charge in [-0.2, -0.15) is 0 Å². The zero-order valence-electron chi connectivity index (χ0n) is 16.6. The maximum atomic E-state index is 13.3. The van der Waals surface area contributed by atoms with Gasteiger partial charge in [-0.15, -0.1) is 0 Å². The minimum Gasteiger partial charge on any atom is -0.362 e. The highest BCUT2D eigenvalue weighted by atomic mass is 16.2. The van der Waals surface area contributed by atoms with Crippen LogP contribution >= 0.6 is 0 Å². The molecule has 6 heteroatoms. The predicted molar refractivity (Wildman–Crippen MR) is 108 cm³/mol. The first-order valence-corrected chi connectivity index (χ1v) is 10.8. The van der Waals surface area contributed by atoms with Crippen molar-refractivity contribution >= 4 is 17.5 Å². The van der Waals surface area contributed by atoms with Gasteiger partial charge in [-0.3, -0.25) is 9.59 Å². The van der Waals surface area contributed by atoms with Gasteiger partial charge in [0.1, 0.15) is 5.66 Å². The van der Waals surface area contributed by atoms with Crippen LogP contribution in [0.4, 0.5) is 5.69 Å². The van der Waals surface area contributed by atoms with E-state index in [-0.39, 0.29) is 17.5 Å². The van der Waals surface area contributed by atoms with E-state index < -0.39 is 0 Å². The number of piperazine rings is 1. The summed E-state index contributed by atoms with van der Waals surface area (Å²) in [5, 5.41) is 6.95. The molecular weight excluding hydrogens is 352 g/mol. The second-order valence-corrected chi connectivity index (χ2v) is 8.94. The summed E-state index contributed by atoms with van der Waals surface area (Å²) >= 11 is 0. The van der Waals surface area contributed by atoms with Gasteiger partial charge in [-0.05, 0) is 50.3 Å². The average Bonchev–Trinajstić information content (AvgIpc) is 2.73. The number of carbonyl (C=O) groups is 2. The Morgan fingerprint density at radius 1 is 1.14 bits per heavy atom. The number of nitrogens with zero attached hydrogens (tertiary/aromatic N) is 2. The molecule has 150 valence electrons. The molecule has 2 bridgehead atoms. The highest BCUT2D eigenvalue weighted by Crippen LogP contribution is 2.52. The van der Waals surface area contributed by atoms with E-state index in [1.165, 1.54) is 0 Å². The van der Waals surface area contributed by atoms with E-state index in [9.17, 15) is 9.59 Å². The lowest BCUT2D eigenvalue weighted by molar-refractivity contribution is -0.144. The minimum atomic E-state index is -0.383. The van der Waals surface area contributed by atoms with Crippen LogP contribution in [0.2, 0.25) is 0 Å². The SMILES string of the molecule is CCN1CCN(C(=O)C2CC3CCC2C[C@]32NC(=O)c3ccccc3N2)CC1. The summed E-state index contributed by atoms with van der Waals surface area (Å²) in [4.78, 5) is 30.5. The van der Waals surface area contributed by atoms with Gasteiger partial charge < -0.3 is 20.4 Å². The molecule has 6 nitrogen and oxygen atoms in total. The van der Waals surface area contributed by atoms with Gasteiger partial charge in [0, 0.05) is 43.7 Å². The second kappa shape index (κ2) is 6.76. The summed E-state index contributed by atoms with van der Waals surface area (Å²) in [6.07, 6.45) is 3.90. The Hall–Kier alpha value is -2.08. The van der Waals surface area contributed by atoms with Crippen molar-refractivity contribution in [2.45, 2.75) is 38.3 Å². The van der Waals surface area contributed by atoms with E-state index >= 15 is 0 Å². The molecule has 1 saturated heterocycles. The lowest BCUT2D eigenvalue weighted by atomic mass is 9.58. The number of hydrogen-bond acceptors (Lipinski definition) is 4. The molecule has 2 amide bonds. The Morgan fingerprint density at radius 3 is 2.64 bits per heavy atom. The number of rotatable bonds is 2. The third-order valence-electron chi connectivity index (χ3n) is 7.59. The van der Waals surface area contributed by atoms with Crippen molar-refractivity contribution in [2.24, 2.45) is 17.8 Å². The standard InChI is InChI=1S/C22H30N4O2/c1-2-25-9-11-26(12-10-25)21(28)18-13-16-8-7-15(18)14-22(16)23-19-6-4-3-5-17(19)20(27)24-22/h3-6,15-16,18,23H,2,7-14H2,1H3,(H,24,27)/t15?,16?,18?,22-/m0/s1. The molecule has 2 aliphatic heterocycles. The molecular formula is C22H30N4O2. The predicted octanol–water partition coefficient (Wildman–Crippen LogP) is 2.14. The summed E-state index contributed by atoms with van der Waals surface area (Å²) in [6, 6.07) is 7.74. The van der Waals surface area contributed by atoms with Crippen molar-refractivity contribution in [3.63, 3.8) is 0 Å². The molecule has 2 N–H and O–H groups in total. The van der Waals surface area contributed by atoms with Crippen LogP contribution in [-0.4, -0.2) is 60.0 Å². The van der Waals surface area contributed by atoms with E-state index in [1.54, 1.807) is 0 Å². The van der Waals surface area contributed by atoms with Gasteiger partial charge in [-0.1, -0.05) is 19.1 Å². The quantitative estimate of drug-likeness (QED) is 0.823. The van der Waals surface area contributed by atoms with E-state index in [4.69, 9.17) is 0 Å². The summed E-state index contributed by atoms with van der Waals surface area (Å²) in [5.41, 5.74) is 1.26. The lowest BCUT2D eigenvalue weighted by Crippen LogP contribution is -2.68. The maximum absolute atomic E-state index is 13.3. The highest BCUT2D eigenvalue weighted by Gasteiger charge is 2.55. The number of carbonyl (C=O) groups excluding carboxylic acids is 2. The lowest BCUT2D eigenvalue weighted by Gasteiger charge is -2.57. The van der Waals surface area contributed by atoms with Crippen LogP contribution in [0.25, 0.3) is 0 Å². The summed E-state index contributed by atoms with van der Waals surface area (Å²) in [6.45, 7) is 6.93. The molecule has 3 saturated carbocycles. The summed E-state index contributed by atoms with van der Waals surface area (Å²) in [5.74, 6) is 1.14. The fraction of sp³-hybridized carbons (Fsp3) is 0.636. The van der Waals surface area contributed by atoms with Crippen molar-refractivity contribution < 1.29 is 9.59 Å². The topological polar surface area (TPSA) is 64.7 Å². The minimum absolute atomic E-state index is 0.0143. The third-order valence-corrected chi connectivity index (χ3v) is 7.59. The Bertz CT molecular complexity index is 788. The normalized spacial score (nSPS) is 34.7. The third kappa shape index (κ3) is 2.81. The van der Waals surface area contributed by atoms with E-state index in [0.29, 0.717) is 17.7 Å². The second-order valence-electron chi connectivity index (χ2n) is 8.94. The number of hydrogen-bond donors (Lipinski definition) is 2. The Kier molecular flexibility index (Phi) is 4.34. The fourth-order valence-electron chi connectivity index (χ4n) is 5.96. The largest absolute Gasteiger partial charge is 0.362 e. The highest BCUT2D eigenvalue weighted by molar-refractivity contribution is 6.02. The number of amides is 2. The van der Waals surface area contributed by atoms with Gasteiger partial charge in [0.25, 0.3) is 5.91 Å². The van der Waals surface area contributed by atoms with E-state index in [2.05, 4.69) is 27.4 Å². The Balaban J connectivity index is 1.32. The van der Waals surface area contributed by atoms with Gasteiger partial charge in [0.05, 0.1) is 5.56 Å². The van der Waals surface area contributed by atoms with Crippen LogP contribution in [0, 0.1) is 17.8 Å². The molecule has 3 aliphatic carbocycles. The van der Waals surface area contributed by atoms with Crippen molar-refractivity contribution in [1.29, 1.82) is 0 Å². The van der Waals surface area contributed by atoms with Crippen molar-refractivity contribution in [3.8, 4) is 0 Å². The first-order chi connectivity index (χ1) is 13.6. The number of benzene rings is 1. The maximum Gasteiger partial charge on any atom is 0.255 e. The molecule has 0 aromatic heterocycles. The molecule has 4 fully saturated rings. The molecule has 2 heterocycles. The molecule has 6 rings (SSSR count). The average molecular weight is 383 g/mol. The first-order valence-electron chi connectivity index (χ1n) is 10.8. The molecule has 1 spiro atoms. The smallest absolute Gasteiger partial charge is 0.255 e. The van der Waals surface area contributed by atoms with E-state index in [0.717, 1.165) is 69.7 Å². The molecule has 1 aromatic rings. The van der Waals surface area contributed by atoms with Crippen molar-refractivity contribution in [2.75, 3.05) is 38.0 Å².